The number of hydrogen-bond donors (Lipinski definition) is 2. The predicted octanol–water partition coefficient (Wildman–Crippen LogP) is 1.33. The first-order chi connectivity index (χ1) is 8.69. The van der Waals surface area contributed by atoms with Crippen molar-refractivity contribution in [1.29, 1.82) is 0 Å². The molecular weight excluding hydrogens is 252 g/mol. The van der Waals surface area contributed by atoms with Gasteiger partial charge < -0.3 is 9.73 Å². The summed E-state index contributed by atoms with van der Waals surface area (Å²) in [6.45, 7) is 0.950. The second-order valence-corrected chi connectivity index (χ2v) is 5.34. The number of aryl methyl sites for hydroxylation is 1. The molecule has 5 nitrogen and oxygen atoms in total. The molecule has 0 saturated carbocycles. The van der Waals surface area contributed by atoms with Crippen LogP contribution < -0.4 is 10.6 Å². The van der Waals surface area contributed by atoms with E-state index in [4.69, 9.17) is 4.42 Å². The Labute approximate surface area is 110 Å². The molecule has 1 aromatic rings. The minimum absolute atomic E-state index is 0.224. The number of amides is 2. The first-order valence-corrected chi connectivity index (χ1v) is 6.80. The van der Waals surface area contributed by atoms with E-state index in [1.54, 1.807) is 0 Å². The van der Waals surface area contributed by atoms with Gasteiger partial charge in [0.25, 0.3) is 5.24 Å². The van der Waals surface area contributed by atoms with Gasteiger partial charge in [-0.2, -0.15) is 0 Å². The van der Waals surface area contributed by atoms with Crippen molar-refractivity contribution in [3.05, 3.63) is 23.7 Å². The van der Waals surface area contributed by atoms with E-state index in [0.29, 0.717) is 6.42 Å². The Kier molecular flexibility index (Phi) is 4.43. The molecule has 0 spiro atoms. The average Bonchev–Trinajstić information content (AvgIpc) is 2.88. The third-order valence-electron chi connectivity index (χ3n) is 2.72. The summed E-state index contributed by atoms with van der Waals surface area (Å²) in [6, 6.07) is 3.82. The van der Waals surface area contributed by atoms with Gasteiger partial charge in [-0.1, -0.05) is 11.8 Å². The number of hydrogen-bond acceptors (Lipinski definition) is 5. The number of thioether (sulfide) groups is 1. The van der Waals surface area contributed by atoms with E-state index < -0.39 is 0 Å². The Bertz CT molecular complexity index is 444. The molecule has 1 atom stereocenters. The molecule has 0 aromatic carbocycles. The number of rotatable bonds is 6. The highest BCUT2D eigenvalue weighted by molar-refractivity contribution is 8.15. The minimum atomic E-state index is -0.353. The van der Waals surface area contributed by atoms with Crippen molar-refractivity contribution in [3.63, 3.8) is 0 Å². The van der Waals surface area contributed by atoms with Crippen LogP contribution in [-0.4, -0.2) is 30.0 Å². The van der Waals surface area contributed by atoms with Crippen LogP contribution in [0.1, 0.15) is 17.9 Å². The lowest BCUT2D eigenvalue weighted by molar-refractivity contribution is -0.119. The largest absolute Gasteiger partial charge is 0.466 e. The van der Waals surface area contributed by atoms with Crippen molar-refractivity contribution < 1.29 is 14.0 Å². The van der Waals surface area contributed by atoms with Gasteiger partial charge in [-0.15, -0.1) is 0 Å². The average molecular weight is 268 g/mol. The molecule has 0 bridgehead atoms. The summed E-state index contributed by atoms with van der Waals surface area (Å²) in [5, 5.41) is 4.72. The number of nitrogens with one attached hydrogen (secondary N) is 2. The summed E-state index contributed by atoms with van der Waals surface area (Å²) in [7, 11) is 1.92. The molecule has 0 radical (unpaired) electrons. The molecule has 18 heavy (non-hydrogen) atoms. The maximum atomic E-state index is 11.4. The molecule has 1 aromatic heterocycles. The van der Waals surface area contributed by atoms with Crippen LogP contribution in [0.4, 0.5) is 4.79 Å². The Hall–Kier alpha value is -1.27. The van der Waals surface area contributed by atoms with Gasteiger partial charge in [0.1, 0.15) is 16.8 Å². The smallest absolute Gasteiger partial charge is 0.286 e. The van der Waals surface area contributed by atoms with Crippen LogP contribution in [0.3, 0.4) is 0 Å². The summed E-state index contributed by atoms with van der Waals surface area (Å²) in [5.74, 6) is 1.46. The fourth-order valence-corrected chi connectivity index (χ4v) is 2.65. The fraction of sp³-hybridized carbons (Fsp3) is 0.500. The van der Waals surface area contributed by atoms with E-state index in [0.717, 1.165) is 42.7 Å². The predicted molar refractivity (Wildman–Crippen MR) is 69.6 cm³/mol. The van der Waals surface area contributed by atoms with E-state index in [9.17, 15) is 9.59 Å². The normalized spacial score (nSPS) is 19.3. The molecule has 6 heteroatoms. The van der Waals surface area contributed by atoms with E-state index in [1.165, 1.54) is 0 Å². The van der Waals surface area contributed by atoms with Crippen LogP contribution >= 0.6 is 11.8 Å². The highest BCUT2D eigenvalue weighted by atomic mass is 32.2. The highest BCUT2D eigenvalue weighted by Gasteiger charge is 2.32. The van der Waals surface area contributed by atoms with Crippen LogP contribution in [-0.2, 0) is 17.6 Å². The maximum absolute atomic E-state index is 11.4. The number of imide groups is 1. The molecule has 2 heterocycles. The maximum Gasteiger partial charge on any atom is 0.286 e. The molecule has 1 aliphatic heterocycles. The van der Waals surface area contributed by atoms with E-state index >= 15 is 0 Å². The van der Waals surface area contributed by atoms with Gasteiger partial charge in [-0.3, -0.25) is 14.9 Å². The lowest BCUT2D eigenvalue weighted by atomic mass is 10.2. The summed E-state index contributed by atoms with van der Waals surface area (Å²) in [4.78, 5) is 22.4. The van der Waals surface area contributed by atoms with Crippen LogP contribution in [0.2, 0.25) is 0 Å². The third kappa shape index (κ3) is 3.36. The zero-order valence-corrected chi connectivity index (χ0v) is 11.0. The van der Waals surface area contributed by atoms with Crippen molar-refractivity contribution in [2.45, 2.75) is 24.5 Å². The number of carbonyl (C=O) groups excluding carboxylic acids is 2. The van der Waals surface area contributed by atoms with Gasteiger partial charge >= 0.3 is 0 Å². The van der Waals surface area contributed by atoms with Gasteiger partial charge in [0, 0.05) is 12.8 Å². The number of furan rings is 1. The van der Waals surface area contributed by atoms with Crippen LogP contribution in [0.25, 0.3) is 0 Å². The zero-order valence-electron chi connectivity index (χ0n) is 10.2. The monoisotopic (exact) mass is 268 g/mol. The molecule has 2 N–H and O–H groups in total. The first-order valence-electron chi connectivity index (χ1n) is 5.92. The standard InChI is InChI=1S/C12H16N2O3S/c1-13-6-2-3-8-4-5-9(17-8)7-10-11(15)14-12(16)18-10/h4-5,10,13H,2-3,6-7H2,1H3,(H,14,15,16). The van der Waals surface area contributed by atoms with E-state index in [2.05, 4.69) is 10.6 Å². The van der Waals surface area contributed by atoms with Crippen molar-refractivity contribution in [2.75, 3.05) is 13.6 Å². The number of carbonyl (C=O) groups is 2. The lowest BCUT2D eigenvalue weighted by Gasteiger charge is -2.01. The van der Waals surface area contributed by atoms with Gasteiger partial charge in [-0.25, -0.2) is 0 Å². The quantitative estimate of drug-likeness (QED) is 0.762. The van der Waals surface area contributed by atoms with Gasteiger partial charge in [0.2, 0.25) is 5.91 Å². The van der Waals surface area contributed by atoms with Crippen molar-refractivity contribution in [2.24, 2.45) is 0 Å². The second-order valence-electron chi connectivity index (χ2n) is 4.16. The molecule has 2 rings (SSSR count). The zero-order chi connectivity index (χ0) is 13.0. The topological polar surface area (TPSA) is 71.3 Å². The first kappa shape index (κ1) is 13.2. The van der Waals surface area contributed by atoms with Gasteiger partial charge in [0.05, 0.1) is 0 Å². The molecule has 0 aliphatic carbocycles. The van der Waals surface area contributed by atoms with E-state index in [-0.39, 0.29) is 16.4 Å². The Morgan fingerprint density at radius 3 is 2.83 bits per heavy atom. The second kappa shape index (κ2) is 6.06. The highest BCUT2D eigenvalue weighted by Crippen LogP contribution is 2.23. The molecular formula is C12H16N2O3S. The SMILES string of the molecule is CNCCCc1ccc(CC2SC(=O)NC2=O)o1. The molecule has 1 saturated heterocycles. The lowest BCUT2D eigenvalue weighted by Crippen LogP contribution is -2.25. The Balaban J connectivity index is 1.86. The van der Waals surface area contributed by atoms with Crippen LogP contribution in [0, 0.1) is 0 Å². The molecule has 1 aliphatic rings. The molecule has 2 amide bonds. The summed E-state index contributed by atoms with van der Waals surface area (Å²) < 4.78 is 5.64. The summed E-state index contributed by atoms with van der Waals surface area (Å²) in [5.41, 5.74) is 0. The Morgan fingerprint density at radius 1 is 1.39 bits per heavy atom. The van der Waals surface area contributed by atoms with Crippen LogP contribution in [0.15, 0.2) is 16.5 Å². The summed E-state index contributed by atoms with van der Waals surface area (Å²) >= 11 is 1.03. The minimum Gasteiger partial charge on any atom is -0.466 e. The molecule has 1 unspecified atom stereocenters. The van der Waals surface area contributed by atoms with Crippen molar-refractivity contribution in [3.8, 4) is 0 Å². The van der Waals surface area contributed by atoms with Crippen molar-refractivity contribution in [1.82, 2.24) is 10.6 Å². The van der Waals surface area contributed by atoms with Gasteiger partial charge in [0.15, 0.2) is 0 Å². The van der Waals surface area contributed by atoms with Gasteiger partial charge in [-0.05, 0) is 32.1 Å². The van der Waals surface area contributed by atoms with Crippen molar-refractivity contribution >= 4 is 22.9 Å². The molecule has 98 valence electrons. The summed E-state index contributed by atoms with van der Waals surface area (Å²) in [6.07, 6.45) is 2.36. The molecule has 1 fully saturated rings. The van der Waals surface area contributed by atoms with Crippen LogP contribution in [0.5, 0.6) is 0 Å². The van der Waals surface area contributed by atoms with E-state index in [1.807, 2.05) is 19.2 Å². The fourth-order valence-electron chi connectivity index (χ4n) is 1.82. The third-order valence-corrected chi connectivity index (χ3v) is 3.70. The Morgan fingerprint density at radius 2 is 2.17 bits per heavy atom.